The molecule has 2 aromatic rings. The first-order valence-corrected chi connectivity index (χ1v) is 9.05. The zero-order valence-corrected chi connectivity index (χ0v) is 15.5. The Morgan fingerprint density at radius 3 is 2.88 bits per heavy atom. The standard InChI is InChI=1S/C20H22N2O2S/c1-4-23-17-10-6-9-15-16-12-20(3,24-18(15)17)22(19(25)21-16)14-8-5-7-13(2)11-14/h5-11,16H,4,12H2,1-3H3,(H,21,25)/t16-,20+/m0/s1. The molecular formula is C20H22N2O2S. The van der Waals surface area contributed by atoms with Crippen molar-refractivity contribution in [1.29, 1.82) is 0 Å². The summed E-state index contributed by atoms with van der Waals surface area (Å²) in [6.45, 7) is 6.77. The molecule has 0 aromatic heterocycles. The van der Waals surface area contributed by atoms with Gasteiger partial charge in [-0.2, -0.15) is 0 Å². The van der Waals surface area contributed by atoms with Gasteiger partial charge in [0.05, 0.1) is 12.6 Å². The van der Waals surface area contributed by atoms with E-state index in [2.05, 4.69) is 48.3 Å². The summed E-state index contributed by atoms with van der Waals surface area (Å²) in [5.41, 5.74) is 2.78. The second kappa shape index (κ2) is 5.92. The lowest BCUT2D eigenvalue weighted by Crippen LogP contribution is -2.65. The van der Waals surface area contributed by atoms with Crippen molar-refractivity contribution in [1.82, 2.24) is 5.32 Å². The Balaban J connectivity index is 1.81. The largest absolute Gasteiger partial charge is 0.490 e. The van der Waals surface area contributed by atoms with Crippen LogP contribution >= 0.6 is 12.2 Å². The molecule has 5 heteroatoms. The van der Waals surface area contributed by atoms with Crippen molar-refractivity contribution in [2.24, 2.45) is 0 Å². The Morgan fingerprint density at radius 2 is 2.12 bits per heavy atom. The van der Waals surface area contributed by atoms with Crippen LogP contribution in [0, 0.1) is 6.92 Å². The minimum atomic E-state index is -0.555. The van der Waals surface area contributed by atoms with E-state index in [-0.39, 0.29) is 6.04 Å². The number of hydrogen-bond acceptors (Lipinski definition) is 3. The second-order valence-corrected chi connectivity index (χ2v) is 7.15. The van der Waals surface area contributed by atoms with Gasteiger partial charge in [0, 0.05) is 17.7 Å². The quantitative estimate of drug-likeness (QED) is 0.830. The van der Waals surface area contributed by atoms with Crippen LogP contribution in [-0.2, 0) is 0 Å². The van der Waals surface area contributed by atoms with Crippen LogP contribution in [0.3, 0.4) is 0 Å². The van der Waals surface area contributed by atoms with Gasteiger partial charge >= 0.3 is 0 Å². The monoisotopic (exact) mass is 354 g/mol. The number of nitrogens with one attached hydrogen (secondary N) is 1. The number of anilines is 1. The van der Waals surface area contributed by atoms with Gasteiger partial charge in [-0.05, 0) is 56.8 Å². The van der Waals surface area contributed by atoms with E-state index in [0.717, 1.165) is 29.2 Å². The van der Waals surface area contributed by atoms with E-state index < -0.39 is 5.72 Å². The molecule has 1 N–H and O–H groups in total. The normalized spacial score (nSPS) is 24.2. The molecule has 2 aliphatic heterocycles. The Hall–Kier alpha value is -2.27. The summed E-state index contributed by atoms with van der Waals surface area (Å²) in [5, 5.41) is 4.18. The average Bonchev–Trinajstić information content (AvgIpc) is 2.55. The molecule has 2 atom stereocenters. The predicted octanol–water partition coefficient (Wildman–Crippen LogP) is 4.33. The minimum Gasteiger partial charge on any atom is -0.490 e. The number of ether oxygens (including phenoxy) is 2. The van der Waals surface area contributed by atoms with Crippen molar-refractivity contribution in [3.8, 4) is 11.5 Å². The topological polar surface area (TPSA) is 33.7 Å². The average molecular weight is 354 g/mol. The maximum atomic E-state index is 6.52. The first-order chi connectivity index (χ1) is 12.0. The van der Waals surface area contributed by atoms with Gasteiger partial charge in [0.2, 0.25) is 0 Å². The molecule has 4 nitrogen and oxygen atoms in total. The number of aryl methyl sites for hydroxylation is 1. The SMILES string of the molecule is CCOc1cccc2c1O[C@]1(C)C[C@@H]2NC(=S)N1c1cccc(C)c1. The summed E-state index contributed by atoms with van der Waals surface area (Å²) in [5.74, 6) is 1.60. The molecule has 130 valence electrons. The van der Waals surface area contributed by atoms with Gasteiger partial charge in [-0.3, -0.25) is 4.90 Å². The fourth-order valence-electron chi connectivity index (χ4n) is 3.79. The summed E-state index contributed by atoms with van der Waals surface area (Å²) in [4.78, 5) is 2.08. The molecule has 4 rings (SSSR count). The summed E-state index contributed by atoms with van der Waals surface area (Å²) in [6.07, 6.45) is 0.809. The molecule has 1 fully saturated rings. The number of hydrogen-bond donors (Lipinski definition) is 1. The lowest BCUT2D eigenvalue weighted by atomic mass is 9.90. The van der Waals surface area contributed by atoms with E-state index in [1.54, 1.807) is 0 Å². The summed E-state index contributed by atoms with van der Waals surface area (Å²) in [6, 6.07) is 14.5. The van der Waals surface area contributed by atoms with Crippen LogP contribution in [0.25, 0.3) is 0 Å². The van der Waals surface area contributed by atoms with Crippen LogP contribution in [0.15, 0.2) is 42.5 Å². The number of para-hydroxylation sites is 1. The van der Waals surface area contributed by atoms with Gasteiger partial charge in [-0.25, -0.2) is 0 Å². The van der Waals surface area contributed by atoms with E-state index in [0.29, 0.717) is 11.7 Å². The molecule has 0 unspecified atom stereocenters. The molecule has 0 spiro atoms. The van der Waals surface area contributed by atoms with E-state index in [9.17, 15) is 0 Å². The van der Waals surface area contributed by atoms with E-state index in [1.807, 2.05) is 25.1 Å². The molecule has 0 aliphatic carbocycles. The number of nitrogens with zero attached hydrogens (tertiary/aromatic N) is 1. The fourth-order valence-corrected chi connectivity index (χ4v) is 4.23. The van der Waals surface area contributed by atoms with E-state index in [4.69, 9.17) is 21.7 Å². The summed E-state index contributed by atoms with van der Waals surface area (Å²) < 4.78 is 12.3. The Labute approximate surface area is 153 Å². The van der Waals surface area contributed by atoms with Crippen LogP contribution in [0.1, 0.15) is 37.4 Å². The molecule has 0 amide bonds. The van der Waals surface area contributed by atoms with Crippen molar-refractivity contribution in [3.63, 3.8) is 0 Å². The lowest BCUT2D eigenvalue weighted by molar-refractivity contribution is 0.0457. The van der Waals surface area contributed by atoms with Gasteiger partial charge in [-0.1, -0.05) is 24.3 Å². The summed E-state index contributed by atoms with van der Waals surface area (Å²) >= 11 is 5.70. The highest BCUT2D eigenvalue weighted by atomic mass is 32.1. The van der Waals surface area contributed by atoms with E-state index in [1.165, 1.54) is 5.56 Å². The van der Waals surface area contributed by atoms with Crippen LogP contribution in [0.5, 0.6) is 11.5 Å². The second-order valence-electron chi connectivity index (χ2n) is 6.77. The fraction of sp³-hybridized carbons (Fsp3) is 0.350. The first-order valence-electron chi connectivity index (χ1n) is 8.64. The van der Waals surface area contributed by atoms with Crippen molar-refractivity contribution < 1.29 is 9.47 Å². The van der Waals surface area contributed by atoms with Crippen molar-refractivity contribution >= 4 is 23.0 Å². The zero-order valence-electron chi connectivity index (χ0n) is 14.7. The molecule has 2 heterocycles. The minimum absolute atomic E-state index is 0.128. The highest BCUT2D eigenvalue weighted by Gasteiger charge is 2.49. The van der Waals surface area contributed by atoms with Gasteiger partial charge in [0.15, 0.2) is 22.3 Å². The van der Waals surface area contributed by atoms with Crippen molar-refractivity contribution in [3.05, 3.63) is 53.6 Å². The molecule has 1 saturated heterocycles. The molecule has 0 saturated carbocycles. The summed E-state index contributed by atoms with van der Waals surface area (Å²) in [7, 11) is 0. The van der Waals surface area contributed by atoms with Gasteiger partial charge in [-0.15, -0.1) is 0 Å². The van der Waals surface area contributed by atoms with Gasteiger partial charge in [0.1, 0.15) is 0 Å². The van der Waals surface area contributed by atoms with Crippen molar-refractivity contribution in [2.45, 2.75) is 39.0 Å². The van der Waals surface area contributed by atoms with Crippen LogP contribution < -0.4 is 19.7 Å². The third-order valence-corrected chi connectivity index (χ3v) is 5.12. The van der Waals surface area contributed by atoms with Gasteiger partial charge in [0.25, 0.3) is 0 Å². The Bertz CT molecular complexity index is 838. The smallest absolute Gasteiger partial charge is 0.188 e. The van der Waals surface area contributed by atoms with Crippen molar-refractivity contribution in [2.75, 3.05) is 11.5 Å². The van der Waals surface area contributed by atoms with Crippen LogP contribution in [0.4, 0.5) is 5.69 Å². The molecule has 25 heavy (non-hydrogen) atoms. The number of fused-ring (bicyclic) bond motifs is 4. The highest BCUT2D eigenvalue weighted by Crippen LogP contribution is 2.49. The third kappa shape index (κ3) is 2.63. The zero-order chi connectivity index (χ0) is 17.6. The maximum Gasteiger partial charge on any atom is 0.188 e. The third-order valence-electron chi connectivity index (χ3n) is 4.82. The maximum absolute atomic E-state index is 6.52. The Morgan fingerprint density at radius 1 is 1.32 bits per heavy atom. The molecule has 2 aromatic carbocycles. The van der Waals surface area contributed by atoms with Crippen LogP contribution in [0.2, 0.25) is 0 Å². The first kappa shape index (κ1) is 16.2. The van der Waals surface area contributed by atoms with Gasteiger partial charge < -0.3 is 14.8 Å². The number of thiocarbonyl (C=S) groups is 1. The van der Waals surface area contributed by atoms with Crippen LogP contribution in [-0.4, -0.2) is 17.4 Å². The highest BCUT2D eigenvalue weighted by molar-refractivity contribution is 7.80. The molecule has 0 radical (unpaired) electrons. The number of benzene rings is 2. The lowest BCUT2D eigenvalue weighted by Gasteiger charge is -2.52. The molecule has 2 aliphatic rings. The molecular weight excluding hydrogens is 332 g/mol. The Kier molecular flexibility index (Phi) is 3.84. The molecule has 2 bridgehead atoms. The number of rotatable bonds is 3. The predicted molar refractivity (Wildman–Crippen MR) is 103 cm³/mol. The van der Waals surface area contributed by atoms with E-state index >= 15 is 0 Å².